The van der Waals surface area contributed by atoms with E-state index in [1.165, 1.54) is 30.3 Å². The van der Waals surface area contributed by atoms with Crippen LogP contribution in [0, 0.1) is 6.92 Å². The van der Waals surface area contributed by atoms with E-state index in [2.05, 4.69) is 112 Å². The molecule has 4 rings (SSSR count). The van der Waals surface area contributed by atoms with Crippen LogP contribution in [-0.4, -0.2) is 150 Å². The molecule has 0 saturated carbocycles. The first-order chi connectivity index (χ1) is 37.9. The summed E-state index contributed by atoms with van der Waals surface area (Å²) in [6.07, 6.45) is 4.19. The smallest absolute Gasteiger partial charge is 0.269 e. The van der Waals surface area contributed by atoms with E-state index in [-0.39, 0.29) is 92.2 Å². The molecule has 0 spiro atoms. The summed E-state index contributed by atoms with van der Waals surface area (Å²) in [5, 5.41) is 2.65. The molecule has 8 atom stereocenters. The lowest BCUT2D eigenvalue weighted by Gasteiger charge is -2.18. The zero-order valence-electron chi connectivity index (χ0n) is 43.7. The summed E-state index contributed by atoms with van der Waals surface area (Å²) in [5.74, 6) is -3.29. The van der Waals surface area contributed by atoms with Gasteiger partial charge in [0.1, 0.15) is 37.1 Å². The molecule has 0 heterocycles. The summed E-state index contributed by atoms with van der Waals surface area (Å²) in [4.78, 5) is 112. The van der Waals surface area contributed by atoms with Crippen molar-refractivity contribution in [2.45, 2.75) is 26.7 Å². The van der Waals surface area contributed by atoms with Gasteiger partial charge in [0, 0.05) is 78.6 Å². The van der Waals surface area contributed by atoms with Crippen molar-refractivity contribution in [3.8, 4) is 17.2 Å². The first-order valence-electron chi connectivity index (χ1n) is 24.4. The number of carbonyl (C=O) groups excluding carboxylic acids is 8. The Balaban J connectivity index is 1.67. The topological polar surface area (TPSA) is 261 Å². The van der Waals surface area contributed by atoms with Crippen LogP contribution in [0.1, 0.15) is 63.7 Å². The van der Waals surface area contributed by atoms with Gasteiger partial charge >= 0.3 is 0 Å². The normalized spacial score (nSPS) is 11.0. The monoisotopic (exact) mass is 1240 g/mol. The number of aryl methyl sites for hydroxylation is 1. The highest BCUT2D eigenvalue weighted by Crippen LogP contribution is 2.27. The molecular formula is C49H71N11O11P8. The third-order valence-electron chi connectivity index (χ3n) is 11.2. The molecule has 0 aromatic heterocycles. The molecule has 0 saturated heterocycles. The number of rotatable bonds is 31. The van der Waals surface area contributed by atoms with E-state index in [4.69, 9.17) is 14.2 Å². The maximum atomic E-state index is 13.7. The van der Waals surface area contributed by atoms with E-state index in [1.54, 1.807) is 39.0 Å². The number of Topliss-reactive ketones (excluding diaryl/α,β-unsaturated/α-hetero) is 1. The van der Waals surface area contributed by atoms with Crippen molar-refractivity contribution in [3.63, 3.8) is 0 Å². The van der Waals surface area contributed by atoms with E-state index in [0.29, 0.717) is 72.7 Å². The molecule has 0 radical (unpaired) electrons. The third kappa shape index (κ3) is 24.3. The highest BCUT2D eigenvalue weighted by atomic mass is 31.0. The Morgan fingerprint density at radius 2 is 0.696 bits per heavy atom. The van der Waals surface area contributed by atoms with Gasteiger partial charge in [-0.3, -0.25) is 90.5 Å². The summed E-state index contributed by atoms with van der Waals surface area (Å²) in [6, 6.07) is 21.2. The standard InChI is InChI=1S/C49H71N11O11P8/c1-31-2-4-39(5-3-31)69-22-34-10-40(70-20-32-6-35(42(61)15-50-43(62)16-57(23-72)24-73)12-36(7-32)47(66)54-51-44(63)17-58(25-74)26-75)14-41(11-34)71-21-33-8-37(48(67)55-52-45(64)18-59(27-76)28-77)13-38(9-33)49(68)56-53-46(65)19-60(29-78)30-79/h2-14H,15-30,72-79H2,1H3,(H,50,62)(H,51,63)(H,52,64)(H,53,65)(H,54,66)(H,55,67)(H,56,68). The zero-order chi connectivity index (χ0) is 57.9. The molecule has 0 aliphatic rings. The average Bonchev–Trinajstić information content (AvgIpc) is 3.50. The number of benzene rings is 4. The van der Waals surface area contributed by atoms with Crippen molar-refractivity contribution in [2.75, 3.05) is 83.0 Å². The lowest BCUT2D eigenvalue weighted by Crippen LogP contribution is -2.46. The molecule has 0 bridgehead atoms. The minimum absolute atomic E-state index is 0.000485. The fourth-order valence-electron chi connectivity index (χ4n) is 6.80. The molecule has 428 valence electrons. The molecule has 7 amide bonds. The summed E-state index contributed by atoms with van der Waals surface area (Å²) in [7, 11) is 20.3. The molecule has 30 heteroatoms. The summed E-state index contributed by atoms with van der Waals surface area (Å²) < 4.78 is 18.8. The van der Waals surface area contributed by atoms with Gasteiger partial charge in [-0.1, -0.05) is 17.7 Å². The number of amides is 7. The Morgan fingerprint density at radius 1 is 0.380 bits per heavy atom. The number of hydrogen-bond donors (Lipinski definition) is 7. The Morgan fingerprint density at radius 3 is 1.06 bits per heavy atom. The highest BCUT2D eigenvalue weighted by molar-refractivity contribution is 7.18. The van der Waals surface area contributed by atoms with E-state index in [1.807, 2.05) is 36.1 Å². The third-order valence-corrected chi connectivity index (χ3v) is 15.3. The Bertz CT molecular complexity index is 2450. The lowest BCUT2D eigenvalue weighted by atomic mass is 10.0. The van der Waals surface area contributed by atoms with Gasteiger partial charge in [0.25, 0.3) is 35.4 Å². The molecule has 0 aliphatic heterocycles. The van der Waals surface area contributed by atoms with Gasteiger partial charge in [-0.15, -0.1) is 73.9 Å². The van der Waals surface area contributed by atoms with Gasteiger partial charge in [-0.05, 0) is 84.3 Å². The molecule has 4 aromatic rings. The van der Waals surface area contributed by atoms with E-state index < -0.39 is 41.2 Å². The van der Waals surface area contributed by atoms with Crippen molar-refractivity contribution < 1.29 is 52.6 Å². The van der Waals surface area contributed by atoms with Crippen LogP contribution in [0.3, 0.4) is 0 Å². The molecule has 0 fully saturated rings. The van der Waals surface area contributed by atoms with Crippen LogP contribution in [0.25, 0.3) is 0 Å². The second-order valence-corrected chi connectivity index (χ2v) is 20.2. The predicted molar refractivity (Wildman–Crippen MR) is 331 cm³/mol. The van der Waals surface area contributed by atoms with E-state index in [0.717, 1.165) is 5.56 Å². The van der Waals surface area contributed by atoms with Crippen LogP contribution in [0.4, 0.5) is 0 Å². The largest absolute Gasteiger partial charge is 0.489 e. The van der Waals surface area contributed by atoms with Gasteiger partial charge in [0.05, 0.1) is 32.7 Å². The number of nitrogens with zero attached hydrogens (tertiary/aromatic N) is 4. The first-order valence-corrected chi connectivity index (χ1v) is 30.9. The maximum Gasteiger partial charge on any atom is 0.269 e. The SMILES string of the molecule is Cc1ccc(OCc2cc(OCc3cc(C(=O)CNC(=O)CN(CP)CP)cc(C(=O)NNC(=O)CN(CP)CP)c3)cc(OCc3cc(C(=O)NNC(=O)CN(CP)CP)cc(C(=O)NNC(=O)CN(CP)CP)c3)c2)cc1. The van der Waals surface area contributed by atoms with Crippen LogP contribution in [0.5, 0.6) is 17.2 Å². The fourth-order valence-corrected chi connectivity index (χ4v) is 10.2. The number of ketones is 1. The molecular weight excluding hydrogens is 1170 g/mol. The summed E-state index contributed by atoms with van der Waals surface area (Å²) in [5.41, 5.74) is 16.9. The van der Waals surface area contributed by atoms with Gasteiger partial charge < -0.3 is 19.5 Å². The number of ether oxygens (including phenoxy) is 3. The Labute approximate surface area is 479 Å². The molecule has 4 aromatic carbocycles. The van der Waals surface area contributed by atoms with E-state index >= 15 is 0 Å². The Hall–Kier alpha value is -4.48. The van der Waals surface area contributed by atoms with Crippen LogP contribution >= 0.6 is 73.9 Å². The van der Waals surface area contributed by atoms with Crippen molar-refractivity contribution >= 4 is 121 Å². The van der Waals surface area contributed by atoms with Crippen molar-refractivity contribution in [3.05, 3.63) is 123 Å². The predicted octanol–water partition coefficient (Wildman–Crippen LogP) is 2.18. The van der Waals surface area contributed by atoms with Crippen LogP contribution in [0.15, 0.2) is 78.9 Å². The molecule has 0 aliphatic carbocycles. The van der Waals surface area contributed by atoms with Gasteiger partial charge in [-0.25, -0.2) is 0 Å². The highest BCUT2D eigenvalue weighted by Gasteiger charge is 2.20. The van der Waals surface area contributed by atoms with Crippen molar-refractivity contribution in [1.29, 1.82) is 0 Å². The van der Waals surface area contributed by atoms with Crippen molar-refractivity contribution in [1.82, 2.24) is 57.5 Å². The maximum absolute atomic E-state index is 13.7. The average molecular weight is 1240 g/mol. The minimum Gasteiger partial charge on any atom is -0.489 e. The number of hydrazine groups is 3. The molecule has 7 N–H and O–H groups in total. The van der Waals surface area contributed by atoms with Gasteiger partial charge in [0.15, 0.2) is 5.78 Å². The summed E-state index contributed by atoms with van der Waals surface area (Å²) >= 11 is 0. The lowest BCUT2D eigenvalue weighted by molar-refractivity contribution is -0.123. The molecule has 79 heavy (non-hydrogen) atoms. The van der Waals surface area contributed by atoms with Crippen LogP contribution in [0.2, 0.25) is 0 Å². The summed E-state index contributed by atoms with van der Waals surface area (Å²) in [6.45, 7) is 1.35. The number of nitrogens with one attached hydrogen (secondary N) is 7. The molecule has 8 unspecified atom stereocenters. The Kier molecular flexibility index (Phi) is 30.6. The van der Waals surface area contributed by atoms with E-state index in [9.17, 15) is 38.4 Å². The fraction of sp³-hybridized carbons (Fsp3) is 0.347. The van der Waals surface area contributed by atoms with Crippen molar-refractivity contribution in [2.24, 2.45) is 0 Å². The minimum atomic E-state index is -0.734. The van der Waals surface area contributed by atoms with Crippen LogP contribution in [-0.2, 0) is 39.0 Å². The second-order valence-electron chi connectivity index (χ2n) is 17.3. The second kappa shape index (κ2) is 36.1. The number of hydrogen-bond acceptors (Lipinski definition) is 15. The first kappa shape index (κ1) is 67.0. The number of carbonyl (C=O) groups is 8. The van der Waals surface area contributed by atoms with Gasteiger partial charge in [-0.2, -0.15) is 0 Å². The van der Waals surface area contributed by atoms with Crippen LogP contribution < -0.4 is 52.1 Å². The molecule has 22 nitrogen and oxygen atoms in total. The quantitative estimate of drug-likeness (QED) is 0.0217. The van der Waals surface area contributed by atoms with Gasteiger partial charge in [0.2, 0.25) is 5.91 Å². The zero-order valence-corrected chi connectivity index (χ0v) is 53.0.